The van der Waals surface area contributed by atoms with Gasteiger partial charge in [0, 0.05) is 0 Å². The summed E-state index contributed by atoms with van der Waals surface area (Å²) in [7, 11) is 0. The van der Waals surface area contributed by atoms with Crippen LogP contribution >= 0.6 is 0 Å². The average Bonchev–Trinajstić information content (AvgIpc) is 2.51. The van der Waals surface area contributed by atoms with Gasteiger partial charge in [0.15, 0.2) is 0 Å². The normalized spacial score (nSPS) is 20.5. The molecule has 4 heteroatoms. The Hall–Kier alpha value is -0.610. The standard InChI is InChI=1S/C9H18N2O2/c1-9(2,3)7(10)8(12)11-5-4-6-13-11/h7H,4-6,10H2,1-3H3/t7-/m0/s1. The highest BCUT2D eigenvalue weighted by Gasteiger charge is 2.32. The third-order valence-corrected chi connectivity index (χ3v) is 2.20. The smallest absolute Gasteiger partial charge is 0.263 e. The van der Waals surface area contributed by atoms with E-state index in [0.29, 0.717) is 13.2 Å². The third-order valence-electron chi connectivity index (χ3n) is 2.20. The second-order valence-corrected chi connectivity index (χ2v) is 4.47. The lowest BCUT2D eigenvalue weighted by atomic mass is 9.87. The molecule has 0 aromatic heterocycles. The summed E-state index contributed by atoms with van der Waals surface area (Å²) in [5.74, 6) is -0.106. The topological polar surface area (TPSA) is 55.6 Å². The fourth-order valence-corrected chi connectivity index (χ4v) is 1.15. The van der Waals surface area contributed by atoms with E-state index in [1.165, 1.54) is 5.06 Å². The maximum Gasteiger partial charge on any atom is 0.263 e. The van der Waals surface area contributed by atoms with Gasteiger partial charge in [0.25, 0.3) is 5.91 Å². The Labute approximate surface area is 79.0 Å². The Bertz CT molecular complexity index is 192. The lowest BCUT2D eigenvalue weighted by Gasteiger charge is -2.28. The van der Waals surface area contributed by atoms with E-state index in [1.807, 2.05) is 20.8 Å². The Balaban J connectivity index is 2.56. The highest BCUT2D eigenvalue weighted by Crippen LogP contribution is 2.20. The fraction of sp³-hybridized carbons (Fsp3) is 0.889. The van der Waals surface area contributed by atoms with Gasteiger partial charge in [-0.05, 0) is 11.8 Å². The van der Waals surface area contributed by atoms with Crippen LogP contribution in [0.2, 0.25) is 0 Å². The molecule has 13 heavy (non-hydrogen) atoms. The van der Waals surface area contributed by atoms with E-state index >= 15 is 0 Å². The maximum atomic E-state index is 11.7. The molecule has 1 amide bonds. The van der Waals surface area contributed by atoms with Crippen molar-refractivity contribution in [3.63, 3.8) is 0 Å². The van der Waals surface area contributed by atoms with Crippen molar-refractivity contribution in [2.75, 3.05) is 13.2 Å². The largest absolute Gasteiger partial charge is 0.319 e. The minimum Gasteiger partial charge on any atom is -0.319 e. The predicted octanol–water partition coefficient (Wildman–Crippen LogP) is 0.524. The molecule has 0 bridgehead atoms. The highest BCUT2D eigenvalue weighted by atomic mass is 16.7. The highest BCUT2D eigenvalue weighted by molar-refractivity contribution is 5.81. The second kappa shape index (κ2) is 3.64. The van der Waals surface area contributed by atoms with Gasteiger partial charge in [-0.25, -0.2) is 5.06 Å². The number of hydrogen-bond acceptors (Lipinski definition) is 3. The number of nitrogens with two attached hydrogens (primary N) is 1. The molecule has 1 aliphatic rings. The second-order valence-electron chi connectivity index (χ2n) is 4.47. The van der Waals surface area contributed by atoms with Crippen LogP contribution in [0.1, 0.15) is 27.2 Å². The van der Waals surface area contributed by atoms with Gasteiger partial charge in [-0.3, -0.25) is 9.63 Å². The quantitative estimate of drug-likeness (QED) is 0.649. The van der Waals surface area contributed by atoms with Gasteiger partial charge >= 0.3 is 0 Å². The van der Waals surface area contributed by atoms with Crippen LogP contribution in [0.3, 0.4) is 0 Å². The molecule has 0 unspecified atom stereocenters. The van der Waals surface area contributed by atoms with Crippen molar-refractivity contribution in [2.24, 2.45) is 11.1 Å². The van der Waals surface area contributed by atoms with Gasteiger partial charge in [-0.15, -0.1) is 0 Å². The summed E-state index contributed by atoms with van der Waals surface area (Å²) in [6.45, 7) is 7.15. The van der Waals surface area contributed by atoms with Gasteiger partial charge in [0.2, 0.25) is 0 Å². The molecule has 0 saturated carbocycles. The molecule has 0 aromatic carbocycles. The van der Waals surface area contributed by atoms with Gasteiger partial charge in [0.1, 0.15) is 0 Å². The van der Waals surface area contributed by atoms with Crippen LogP contribution in [0.5, 0.6) is 0 Å². The minimum atomic E-state index is -0.481. The first kappa shape index (κ1) is 10.5. The van der Waals surface area contributed by atoms with Crippen molar-refractivity contribution >= 4 is 5.91 Å². The van der Waals surface area contributed by atoms with E-state index in [9.17, 15) is 4.79 Å². The van der Waals surface area contributed by atoms with E-state index in [0.717, 1.165) is 6.42 Å². The van der Waals surface area contributed by atoms with Crippen LogP contribution in [0, 0.1) is 5.41 Å². The molecule has 0 aliphatic carbocycles. The van der Waals surface area contributed by atoms with Crippen LogP contribution in [-0.2, 0) is 9.63 Å². The summed E-state index contributed by atoms with van der Waals surface area (Å²) in [5.41, 5.74) is 5.60. The molecule has 0 spiro atoms. The van der Waals surface area contributed by atoms with Crippen LogP contribution in [0.15, 0.2) is 0 Å². The molecule has 1 fully saturated rings. The Morgan fingerprint density at radius 3 is 2.54 bits per heavy atom. The number of carbonyl (C=O) groups excluding carboxylic acids is 1. The first-order valence-corrected chi connectivity index (χ1v) is 4.63. The van der Waals surface area contributed by atoms with E-state index in [-0.39, 0.29) is 11.3 Å². The molecule has 1 rings (SSSR count). The van der Waals surface area contributed by atoms with Crippen LogP contribution in [0.25, 0.3) is 0 Å². The summed E-state index contributed by atoms with van der Waals surface area (Å²) in [4.78, 5) is 16.8. The zero-order valence-electron chi connectivity index (χ0n) is 8.54. The van der Waals surface area contributed by atoms with Gasteiger partial charge in [-0.2, -0.15) is 0 Å². The Morgan fingerprint density at radius 1 is 1.54 bits per heavy atom. The zero-order valence-corrected chi connectivity index (χ0v) is 8.54. The monoisotopic (exact) mass is 186 g/mol. The molecule has 4 nitrogen and oxygen atoms in total. The van der Waals surface area contributed by atoms with Gasteiger partial charge in [0.05, 0.1) is 19.2 Å². The molecule has 1 heterocycles. The molecular weight excluding hydrogens is 168 g/mol. The summed E-state index contributed by atoms with van der Waals surface area (Å²) in [5, 5.41) is 1.38. The van der Waals surface area contributed by atoms with Crippen LogP contribution in [0.4, 0.5) is 0 Å². The van der Waals surface area contributed by atoms with E-state index in [2.05, 4.69) is 0 Å². The first-order valence-electron chi connectivity index (χ1n) is 4.63. The number of amides is 1. The van der Waals surface area contributed by atoms with Crippen molar-refractivity contribution in [1.82, 2.24) is 5.06 Å². The fourth-order valence-electron chi connectivity index (χ4n) is 1.15. The number of hydrogen-bond donors (Lipinski definition) is 1. The molecule has 2 N–H and O–H groups in total. The van der Waals surface area contributed by atoms with Crippen molar-refractivity contribution in [2.45, 2.75) is 33.2 Å². The van der Waals surface area contributed by atoms with Crippen molar-refractivity contribution in [1.29, 1.82) is 0 Å². The van der Waals surface area contributed by atoms with E-state index in [1.54, 1.807) is 0 Å². The summed E-state index contributed by atoms with van der Waals surface area (Å²) < 4.78 is 0. The number of nitrogens with zero attached hydrogens (tertiary/aromatic N) is 1. The van der Waals surface area contributed by atoms with Gasteiger partial charge in [-0.1, -0.05) is 20.8 Å². The first-order chi connectivity index (χ1) is 5.93. The summed E-state index contributed by atoms with van der Waals surface area (Å²) >= 11 is 0. The molecule has 0 radical (unpaired) electrons. The number of rotatable bonds is 1. The molecular formula is C9H18N2O2. The molecule has 0 aromatic rings. The van der Waals surface area contributed by atoms with Crippen molar-refractivity contribution in [3.8, 4) is 0 Å². The minimum absolute atomic E-state index is 0.106. The third kappa shape index (κ3) is 2.42. The zero-order chi connectivity index (χ0) is 10.1. The lowest BCUT2D eigenvalue weighted by molar-refractivity contribution is -0.172. The predicted molar refractivity (Wildman–Crippen MR) is 49.7 cm³/mol. The van der Waals surface area contributed by atoms with Crippen LogP contribution in [-0.4, -0.2) is 30.2 Å². The van der Waals surface area contributed by atoms with Crippen LogP contribution < -0.4 is 5.73 Å². The lowest BCUT2D eigenvalue weighted by Crippen LogP contribution is -2.49. The molecule has 1 saturated heterocycles. The molecule has 1 atom stereocenters. The van der Waals surface area contributed by atoms with Crippen molar-refractivity contribution < 1.29 is 9.63 Å². The molecule has 1 aliphatic heterocycles. The Morgan fingerprint density at radius 2 is 2.15 bits per heavy atom. The summed E-state index contributed by atoms with van der Waals surface area (Å²) in [6, 6.07) is -0.481. The average molecular weight is 186 g/mol. The van der Waals surface area contributed by atoms with Crippen molar-refractivity contribution in [3.05, 3.63) is 0 Å². The summed E-state index contributed by atoms with van der Waals surface area (Å²) in [6.07, 6.45) is 0.905. The van der Waals surface area contributed by atoms with E-state index in [4.69, 9.17) is 10.6 Å². The number of carbonyl (C=O) groups is 1. The Kier molecular flexibility index (Phi) is 2.93. The van der Waals surface area contributed by atoms with E-state index < -0.39 is 6.04 Å². The molecule has 76 valence electrons. The SMILES string of the molecule is CC(C)(C)[C@@H](N)C(=O)N1CCCO1. The number of hydroxylamine groups is 2. The maximum absolute atomic E-state index is 11.7. The van der Waals surface area contributed by atoms with Gasteiger partial charge < -0.3 is 5.73 Å².